The van der Waals surface area contributed by atoms with Crippen LogP contribution in [0.3, 0.4) is 0 Å². The molecule has 1 N–H and O–H groups in total. The molecule has 0 fully saturated rings. The van der Waals surface area contributed by atoms with Crippen molar-refractivity contribution in [1.82, 2.24) is 0 Å². The largest absolute Gasteiger partial charge is 0.416 e. The van der Waals surface area contributed by atoms with Crippen molar-refractivity contribution in [3.05, 3.63) is 58.7 Å². The molecule has 0 aliphatic rings. The molecular formula is C19H19F6NO2S. The Kier molecular flexibility index (Phi) is 6.27. The van der Waals surface area contributed by atoms with Crippen molar-refractivity contribution < 1.29 is 34.8 Å². The van der Waals surface area contributed by atoms with Gasteiger partial charge in [0.05, 0.1) is 21.7 Å². The zero-order valence-corrected chi connectivity index (χ0v) is 16.6. The van der Waals surface area contributed by atoms with E-state index in [0.29, 0.717) is 17.5 Å². The SMILES string of the molecule is CCc1cccc(C(C)C)c1NS(=O)(=O)c1cc(C(F)(F)F)cc(C(F)(F)F)c1. The minimum absolute atomic E-state index is 0.113. The Bertz CT molecular complexity index is 962. The van der Waals surface area contributed by atoms with E-state index < -0.39 is 38.4 Å². The van der Waals surface area contributed by atoms with E-state index in [0.717, 1.165) is 0 Å². The second kappa shape index (κ2) is 7.89. The van der Waals surface area contributed by atoms with Crippen LogP contribution in [0.2, 0.25) is 0 Å². The molecule has 0 radical (unpaired) electrons. The Morgan fingerprint density at radius 3 is 1.86 bits per heavy atom. The second-order valence-electron chi connectivity index (χ2n) is 6.74. The van der Waals surface area contributed by atoms with Crippen LogP contribution in [0.1, 0.15) is 48.9 Å². The highest BCUT2D eigenvalue weighted by Gasteiger charge is 2.38. The van der Waals surface area contributed by atoms with Crippen molar-refractivity contribution >= 4 is 15.7 Å². The zero-order valence-electron chi connectivity index (χ0n) is 15.7. The van der Waals surface area contributed by atoms with Crippen LogP contribution >= 0.6 is 0 Å². The van der Waals surface area contributed by atoms with Crippen LogP contribution in [-0.2, 0) is 28.8 Å². The van der Waals surface area contributed by atoms with Gasteiger partial charge in [0.25, 0.3) is 10.0 Å². The normalized spacial score (nSPS) is 13.0. The molecule has 0 aliphatic heterocycles. The van der Waals surface area contributed by atoms with Gasteiger partial charge in [-0.2, -0.15) is 26.3 Å². The van der Waals surface area contributed by atoms with Crippen LogP contribution in [0.25, 0.3) is 0 Å². The van der Waals surface area contributed by atoms with Gasteiger partial charge in [-0.05, 0) is 41.7 Å². The van der Waals surface area contributed by atoms with Crippen molar-refractivity contribution in [3.8, 4) is 0 Å². The number of hydrogen-bond donors (Lipinski definition) is 1. The summed E-state index contributed by atoms with van der Waals surface area (Å²) in [6.45, 7) is 5.33. The first-order valence-electron chi connectivity index (χ1n) is 8.61. The van der Waals surface area contributed by atoms with E-state index in [1.807, 2.05) is 0 Å². The lowest BCUT2D eigenvalue weighted by molar-refractivity contribution is -0.143. The van der Waals surface area contributed by atoms with Gasteiger partial charge in [0.1, 0.15) is 0 Å². The number of halogens is 6. The van der Waals surface area contributed by atoms with E-state index in [9.17, 15) is 34.8 Å². The first kappa shape index (κ1) is 23.1. The molecule has 0 amide bonds. The Balaban J connectivity index is 2.66. The van der Waals surface area contributed by atoms with Crippen molar-refractivity contribution in [3.63, 3.8) is 0 Å². The van der Waals surface area contributed by atoms with Gasteiger partial charge in [-0.3, -0.25) is 4.72 Å². The molecule has 2 aromatic rings. The van der Waals surface area contributed by atoms with E-state index in [4.69, 9.17) is 0 Å². The highest BCUT2D eigenvalue weighted by molar-refractivity contribution is 7.92. The number of sulfonamides is 1. The average Bonchev–Trinajstić information content (AvgIpc) is 2.59. The number of hydrogen-bond acceptors (Lipinski definition) is 2. The Labute approximate surface area is 164 Å². The summed E-state index contributed by atoms with van der Waals surface area (Å²) in [5.74, 6) is -0.133. The van der Waals surface area contributed by atoms with E-state index in [2.05, 4.69) is 4.72 Å². The molecule has 0 aromatic heterocycles. The summed E-state index contributed by atoms with van der Waals surface area (Å²) in [5.41, 5.74) is -2.07. The summed E-state index contributed by atoms with van der Waals surface area (Å²) in [4.78, 5) is -1.11. The van der Waals surface area contributed by atoms with Crippen LogP contribution in [0.5, 0.6) is 0 Å². The van der Waals surface area contributed by atoms with Crippen LogP contribution in [-0.4, -0.2) is 8.42 Å². The summed E-state index contributed by atoms with van der Waals surface area (Å²) in [5, 5.41) is 0. The van der Waals surface area contributed by atoms with Gasteiger partial charge in [0.15, 0.2) is 0 Å². The fourth-order valence-electron chi connectivity index (χ4n) is 2.80. The Morgan fingerprint density at radius 1 is 0.931 bits per heavy atom. The van der Waals surface area contributed by atoms with Crippen LogP contribution in [0.4, 0.5) is 32.0 Å². The predicted octanol–water partition coefficient (Wildman–Crippen LogP) is 6.21. The number of rotatable bonds is 5. The summed E-state index contributed by atoms with van der Waals surface area (Å²) in [6.07, 6.45) is -9.87. The fourth-order valence-corrected chi connectivity index (χ4v) is 3.99. The lowest BCUT2D eigenvalue weighted by Gasteiger charge is -2.19. The molecule has 0 unspecified atom stereocenters. The third-order valence-electron chi connectivity index (χ3n) is 4.29. The highest BCUT2D eigenvalue weighted by atomic mass is 32.2. The minimum Gasteiger partial charge on any atom is -0.279 e. The van der Waals surface area contributed by atoms with Crippen molar-refractivity contribution in [1.29, 1.82) is 0 Å². The molecule has 0 atom stereocenters. The molecular weight excluding hydrogens is 420 g/mol. The number of anilines is 1. The number of nitrogens with one attached hydrogen (secondary N) is 1. The van der Waals surface area contributed by atoms with Gasteiger partial charge in [0, 0.05) is 0 Å². The van der Waals surface area contributed by atoms with Crippen molar-refractivity contribution in [2.24, 2.45) is 0 Å². The molecule has 3 nitrogen and oxygen atoms in total. The molecule has 0 bridgehead atoms. The molecule has 10 heteroatoms. The standard InChI is InChI=1S/C19H19F6NO2S/c1-4-12-6-5-7-16(11(2)3)17(12)26-29(27,28)15-9-13(18(20,21)22)8-14(10-15)19(23,24)25/h5-11,26H,4H2,1-3H3. The summed E-state index contributed by atoms with van der Waals surface area (Å²) < 4.78 is 106. The van der Waals surface area contributed by atoms with Crippen LogP contribution in [0, 0.1) is 0 Å². The van der Waals surface area contributed by atoms with Crippen molar-refractivity contribution in [2.75, 3.05) is 4.72 Å². The van der Waals surface area contributed by atoms with Gasteiger partial charge >= 0.3 is 12.4 Å². The van der Waals surface area contributed by atoms with Gasteiger partial charge in [-0.25, -0.2) is 8.42 Å². The lowest BCUT2D eigenvalue weighted by atomic mass is 9.97. The third kappa shape index (κ3) is 5.23. The fraction of sp³-hybridized carbons (Fsp3) is 0.368. The zero-order chi connectivity index (χ0) is 22.2. The molecule has 0 aliphatic carbocycles. The molecule has 0 saturated heterocycles. The van der Waals surface area contributed by atoms with Crippen LogP contribution in [0.15, 0.2) is 41.3 Å². The quantitative estimate of drug-likeness (QED) is 0.563. The molecule has 160 valence electrons. The minimum atomic E-state index is -5.14. The number of aryl methyl sites for hydroxylation is 1. The molecule has 0 spiro atoms. The monoisotopic (exact) mass is 439 g/mol. The molecule has 0 saturated carbocycles. The van der Waals surface area contributed by atoms with E-state index in [1.165, 1.54) is 0 Å². The molecule has 0 heterocycles. The number of para-hydroxylation sites is 1. The number of benzene rings is 2. The summed E-state index contributed by atoms with van der Waals surface area (Å²) in [6, 6.07) is 5.27. The second-order valence-corrected chi connectivity index (χ2v) is 8.42. The van der Waals surface area contributed by atoms with Crippen molar-refractivity contribution in [2.45, 2.75) is 50.4 Å². The predicted molar refractivity (Wildman–Crippen MR) is 97.2 cm³/mol. The maximum atomic E-state index is 13.1. The Hall–Kier alpha value is -2.23. The topological polar surface area (TPSA) is 46.2 Å². The molecule has 2 rings (SSSR count). The van der Waals surface area contributed by atoms with E-state index in [-0.39, 0.29) is 29.8 Å². The highest BCUT2D eigenvalue weighted by Crippen LogP contribution is 2.38. The Morgan fingerprint density at radius 2 is 1.45 bits per heavy atom. The van der Waals surface area contributed by atoms with Crippen LogP contribution < -0.4 is 4.72 Å². The lowest BCUT2D eigenvalue weighted by Crippen LogP contribution is -2.19. The van der Waals surface area contributed by atoms with Gasteiger partial charge in [-0.1, -0.05) is 39.0 Å². The number of alkyl halides is 6. The van der Waals surface area contributed by atoms with Gasteiger partial charge in [0.2, 0.25) is 0 Å². The van der Waals surface area contributed by atoms with Gasteiger partial charge < -0.3 is 0 Å². The first-order chi connectivity index (χ1) is 13.2. The molecule has 29 heavy (non-hydrogen) atoms. The smallest absolute Gasteiger partial charge is 0.279 e. The summed E-state index contributed by atoms with van der Waals surface area (Å²) >= 11 is 0. The van der Waals surface area contributed by atoms with E-state index >= 15 is 0 Å². The average molecular weight is 439 g/mol. The maximum absolute atomic E-state index is 13.1. The van der Waals surface area contributed by atoms with E-state index in [1.54, 1.807) is 39.0 Å². The maximum Gasteiger partial charge on any atom is 0.416 e. The summed E-state index contributed by atoms with van der Waals surface area (Å²) in [7, 11) is -4.72. The third-order valence-corrected chi connectivity index (χ3v) is 5.62. The molecule has 2 aromatic carbocycles. The first-order valence-corrected chi connectivity index (χ1v) is 10.1. The van der Waals surface area contributed by atoms with Gasteiger partial charge in [-0.15, -0.1) is 0 Å².